The Kier molecular flexibility index (Phi) is 5.08. The van der Waals surface area contributed by atoms with E-state index in [9.17, 15) is 4.79 Å². The molecule has 2 aliphatic rings. The van der Waals surface area contributed by atoms with Crippen LogP contribution in [0.1, 0.15) is 51.3 Å². The van der Waals surface area contributed by atoms with Gasteiger partial charge < -0.3 is 15.0 Å². The van der Waals surface area contributed by atoms with Crippen molar-refractivity contribution in [2.24, 2.45) is 12.5 Å². The number of amides is 2. The minimum absolute atomic E-state index is 0.0390. The average molecular weight is 335 g/mol. The van der Waals surface area contributed by atoms with Gasteiger partial charge in [-0.05, 0) is 26.2 Å². The second-order valence-electron chi connectivity index (χ2n) is 7.13. The number of rotatable bonds is 5. The molecule has 1 aromatic rings. The molecule has 1 heterocycles. The predicted molar refractivity (Wildman–Crippen MR) is 90.3 cm³/mol. The third-order valence-electron chi connectivity index (χ3n) is 5.77. The van der Waals surface area contributed by atoms with Crippen LogP contribution in [0.15, 0.2) is 6.33 Å². The van der Waals surface area contributed by atoms with Crippen molar-refractivity contribution in [2.45, 2.75) is 64.1 Å². The average Bonchev–Trinajstić information content (AvgIpc) is 2.99. The van der Waals surface area contributed by atoms with Gasteiger partial charge in [0.2, 0.25) is 0 Å². The van der Waals surface area contributed by atoms with Gasteiger partial charge in [0.25, 0.3) is 0 Å². The third-order valence-corrected chi connectivity index (χ3v) is 5.77. The van der Waals surface area contributed by atoms with E-state index in [1.54, 1.807) is 16.6 Å². The molecule has 2 amide bonds. The molecule has 0 aliphatic heterocycles. The van der Waals surface area contributed by atoms with Gasteiger partial charge in [0, 0.05) is 32.2 Å². The molecule has 7 heteroatoms. The van der Waals surface area contributed by atoms with Gasteiger partial charge in [-0.1, -0.05) is 19.3 Å². The summed E-state index contributed by atoms with van der Waals surface area (Å²) in [5.41, 5.74) is 0.148. The molecule has 7 nitrogen and oxygen atoms in total. The normalized spacial score (nSPS) is 25.3. The smallest absolute Gasteiger partial charge is 0.317 e. The first kappa shape index (κ1) is 17.2. The van der Waals surface area contributed by atoms with E-state index in [-0.39, 0.29) is 17.5 Å². The SMILES string of the molecule is CCO[C@H]1C[C@H](NC(=O)N(C)Cc2ncnn2C)C12CCCCC2. The molecule has 1 spiro atoms. The van der Waals surface area contributed by atoms with Crippen molar-refractivity contribution in [1.82, 2.24) is 25.0 Å². The van der Waals surface area contributed by atoms with Crippen molar-refractivity contribution in [3.05, 3.63) is 12.2 Å². The molecule has 3 rings (SSSR count). The fourth-order valence-electron chi connectivity index (χ4n) is 4.27. The first-order valence-electron chi connectivity index (χ1n) is 9.03. The second-order valence-corrected chi connectivity index (χ2v) is 7.13. The van der Waals surface area contributed by atoms with Crippen molar-refractivity contribution in [1.29, 1.82) is 0 Å². The highest BCUT2D eigenvalue weighted by Gasteiger charge is 2.56. The molecule has 1 aromatic heterocycles. The van der Waals surface area contributed by atoms with Gasteiger partial charge >= 0.3 is 6.03 Å². The summed E-state index contributed by atoms with van der Waals surface area (Å²) >= 11 is 0. The van der Waals surface area contributed by atoms with E-state index in [0.717, 1.165) is 31.7 Å². The highest BCUT2D eigenvalue weighted by Crippen LogP contribution is 2.53. The van der Waals surface area contributed by atoms with Crippen LogP contribution in [0.2, 0.25) is 0 Å². The molecule has 1 N–H and O–H groups in total. The number of urea groups is 1. The molecule has 0 unspecified atom stereocenters. The highest BCUT2D eigenvalue weighted by atomic mass is 16.5. The van der Waals surface area contributed by atoms with Gasteiger partial charge in [-0.25, -0.2) is 9.78 Å². The summed E-state index contributed by atoms with van der Waals surface area (Å²) in [7, 11) is 3.64. The number of ether oxygens (including phenoxy) is 1. The van der Waals surface area contributed by atoms with Crippen molar-refractivity contribution < 1.29 is 9.53 Å². The Morgan fingerprint density at radius 2 is 2.21 bits per heavy atom. The molecular formula is C17H29N5O2. The lowest BCUT2D eigenvalue weighted by molar-refractivity contribution is -0.147. The van der Waals surface area contributed by atoms with Crippen LogP contribution in [-0.2, 0) is 18.3 Å². The number of aromatic nitrogens is 3. The number of hydrogen-bond donors (Lipinski definition) is 1. The van der Waals surface area contributed by atoms with E-state index in [1.807, 2.05) is 7.05 Å². The number of hydrogen-bond acceptors (Lipinski definition) is 4. The van der Waals surface area contributed by atoms with Crippen LogP contribution >= 0.6 is 0 Å². The molecule has 24 heavy (non-hydrogen) atoms. The van der Waals surface area contributed by atoms with Gasteiger partial charge in [0.05, 0.1) is 12.6 Å². The van der Waals surface area contributed by atoms with Crippen molar-refractivity contribution in [2.75, 3.05) is 13.7 Å². The van der Waals surface area contributed by atoms with Crippen LogP contribution in [0.5, 0.6) is 0 Å². The van der Waals surface area contributed by atoms with E-state index >= 15 is 0 Å². The summed E-state index contributed by atoms with van der Waals surface area (Å²) in [5, 5.41) is 7.29. The van der Waals surface area contributed by atoms with E-state index in [1.165, 1.54) is 25.6 Å². The molecular weight excluding hydrogens is 306 g/mol. The number of aryl methyl sites for hydroxylation is 1. The molecule has 2 aliphatic carbocycles. The quantitative estimate of drug-likeness (QED) is 0.894. The highest BCUT2D eigenvalue weighted by molar-refractivity contribution is 5.74. The molecule has 0 radical (unpaired) electrons. The van der Waals surface area contributed by atoms with Crippen LogP contribution in [0.3, 0.4) is 0 Å². The topological polar surface area (TPSA) is 72.3 Å². The van der Waals surface area contributed by atoms with Crippen LogP contribution in [-0.4, -0.2) is 51.5 Å². The first-order chi connectivity index (χ1) is 11.6. The number of carbonyl (C=O) groups is 1. The summed E-state index contributed by atoms with van der Waals surface area (Å²) in [6, 6.07) is 0.187. The molecule has 0 bridgehead atoms. The van der Waals surface area contributed by atoms with Crippen molar-refractivity contribution in [3.63, 3.8) is 0 Å². The Balaban J connectivity index is 1.60. The second kappa shape index (κ2) is 7.09. The maximum Gasteiger partial charge on any atom is 0.317 e. The largest absolute Gasteiger partial charge is 0.378 e. The van der Waals surface area contributed by atoms with Gasteiger partial charge in [0.1, 0.15) is 12.2 Å². The minimum Gasteiger partial charge on any atom is -0.378 e. The monoisotopic (exact) mass is 335 g/mol. The van der Waals surface area contributed by atoms with Crippen LogP contribution in [0.25, 0.3) is 0 Å². The summed E-state index contributed by atoms with van der Waals surface area (Å²) in [4.78, 5) is 18.4. The lowest BCUT2D eigenvalue weighted by Gasteiger charge is -2.57. The zero-order chi connectivity index (χ0) is 17.2. The van der Waals surface area contributed by atoms with E-state index < -0.39 is 0 Å². The van der Waals surface area contributed by atoms with Crippen molar-refractivity contribution >= 4 is 6.03 Å². The molecule has 0 aromatic carbocycles. The Morgan fingerprint density at radius 3 is 2.83 bits per heavy atom. The molecule has 2 atom stereocenters. The van der Waals surface area contributed by atoms with Crippen LogP contribution in [0, 0.1) is 5.41 Å². The number of carbonyl (C=O) groups excluding carboxylic acids is 1. The molecule has 134 valence electrons. The lowest BCUT2D eigenvalue weighted by atomic mass is 9.55. The standard InChI is InChI=1S/C17H29N5O2/c1-4-24-14-10-13(17(14)8-6-5-7-9-17)20-16(23)21(2)11-15-18-12-19-22(15)3/h12-14H,4-11H2,1-3H3,(H,20,23)/t13-,14-/m0/s1. The summed E-state index contributed by atoms with van der Waals surface area (Å²) in [6.45, 7) is 3.26. The molecule has 2 fully saturated rings. The molecule has 0 saturated heterocycles. The fraction of sp³-hybridized carbons (Fsp3) is 0.824. The van der Waals surface area contributed by atoms with E-state index in [2.05, 4.69) is 22.3 Å². The Morgan fingerprint density at radius 1 is 1.46 bits per heavy atom. The Labute approximate surface area is 143 Å². The maximum absolute atomic E-state index is 12.6. The summed E-state index contributed by atoms with van der Waals surface area (Å²) in [5.74, 6) is 0.779. The lowest BCUT2D eigenvalue weighted by Crippen LogP contribution is -2.66. The van der Waals surface area contributed by atoms with Gasteiger partial charge in [-0.2, -0.15) is 5.10 Å². The minimum atomic E-state index is -0.0390. The van der Waals surface area contributed by atoms with Crippen molar-refractivity contribution in [3.8, 4) is 0 Å². The van der Waals surface area contributed by atoms with E-state index in [0.29, 0.717) is 12.6 Å². The number of nitrogens with one attached hydrogen (secondary N) is 1. The third kappa shape index (κ3) is 3.14. The van der Waals surface area contributed by atoms with Crippen LogP contribution in [0.4, 0.5) is 4.79 Å². The first-order valence-corrected chi connectivity index (χ1v) is 9.03. The van der Waals surface area contributed by atoms with E-state index in [4.69, 9.17) is 4.74 Å². The van der Waals surface area contributed by atoms with Gasteiger partial charge in [-0.15, -0.1) is 0 Å². The van der Waals surface area contributed by atoms with Crippen LogP contribution < -0.4 is 5.32 Å². The molecule has 2 saturated carbocycles. The fourth-order valence-corrected chi connectivity index (χ4v) is 4.27. The maximum atomic E-state index is 12.6. The summed E-state index contributed by atoms with van der Waals surface area (Å²) < 4.78 is 7.65. The Hall–Kier alpha value is -1.63. The zero-order valence-electron chi connectivity index (χ0n) is 15.0. The number of nitrogens with zero attached hydrogens (tertiary/aromatic N) is 4. The Bertz CT molecular complexity index is 567. The van der Waals surface area contributed by atoms with Gasteiger partial charge in [0.15, 0.2) is 0 Å². The van der Waals surface area contributed by atoms with Gasteiger partial charge in [-0.3, -0.25) is 4.68 Å². The summed E-state index contributed by atoms with van der Waals surface area (Å²) in [6.07, 6.45) is 8.85. The predicted octanol–water partition coefficient (Wildman–Crippen LogP) is 2.08. The zero-order valence-corrected chi connectivity index (χ0v) is 15.0.